The van der Waals surface area contributed by atoms with Crippen molar-refractivity contribution in [2.24, 2.45) is 18.9 Å². The molecular weight excluding hydrogens is 476 g/mol. The fourth-order valence-corrected chi connectivity index (χ4v) is 7.05. The quantitative estimate of drug-likeness (QED) is 0.440. The first-order valence-electron chi connectivity index (χ1n) is 13.4. The molecule has 192 valence electrons. The van der Waals surface area contributed by atoms with E-state index < -0.39 is 0 Å². The first-order chi connectivity index (χ1) is 18.4. The number of carbonyl (C=O) groups is 1. The number of anilines is 1. The Bertz CT molecular complexity index is 1590. The molecule has 3 atom stereocenters. The number of hydrogen-bond acceptors (Lipinski definition) is 6. The van der Waals surface area contributed by atoms with Crippen LogP contribution in [0.25, 0.3) is 27.8 Å². The van der Waals surface area contributed by atoms with Crippen molar-refractivity contribution in [2.75, 3.05) is 11.4 Å². The number of pyridine rings is 2. The van der Waals surface area contributed by atoms with Gasteiger partial charge in [0.25, 0.3) is 0 Å². The molecule has 2 bridgehead atoms. The number of nitriles is 1. The number of nitrogens with one attached hydrogen (secondary N) is 1. The third-order valence-electron chi connectivity index (χ3n) is 8.85. The number of nitrogens with zero attached hydrogens (tertiary/aromatic N) is 7. The molecule has 9 nitrogen and oxygen atoms in total. The third-order valence-corrected chi connectivity index (χ3v) is 8.85. The van der Waals surface area contributed by atoms with E-state index in [1.807, 2.05) is 31.8 Å². The van der Waals surface area contributed by atoms with Crippen LogP contribution in [0, 0.1) is 23.2 Å². The lowest BCUT2D eigenvalue weighted by Crippen LogP contribution is -2.68. The molecule has 0 radical (unpaired) electrons. The van der Waals surface area contributed by atoms with Crippen molar-refractivity contribution in [1.82, 2.24) is 29.7 Å². The second-order valence-electron chi connectivity index (χ2n) is 11.2. The van der Waals surface area contributed by atoms with Crippen molar-refractivity contribution in [2.45, 2.75) is 50.6 Å². The van der Waals surface area contributed by atoms with Gasteiger partial charge in [-0.2, -0.15) is 15.5 Å². The van der Waals surface area contributed by atoms with E-state index in [1.165, 1.54) is 12.8 Å². The van der Waals surface area contributed by atoms with Gasteiger partial charge in [0.15, 0.2) is 0 Å². The molecule has 2 aliphatic carbocycles. The zero-order valence-electron chi connectivity index (χ0n) is 21.6. The van der Waals surface area contributed by atoms with Gasteiger partial charge in [0, 0.05) is 72.9 Å². The Balaban J connectivity index is 1.23. The number of amides is 1. The summed E-state index contributed by atoms with van der Waals surface area (Å²) < 4.78 is 3.54. The number of aryl methyl sites for hydroxylation is 1. The summed E-state index contributed by atoms with van der Waals surface area (Å²) in [5.41, 5.74) is 5.07. The third kappa shape index (κ3) is 3.58. The van der Waals surface area contributed by atoms with Gasteiger partial charge < -0.3 is 10.2 Å². The standard InChI is InChI=1S/C29H30N8O/c1-18(38)34-29(23-4-5-23)10-25-7-6-24(29)17-36(25)27-8-3-19(12-31-27)26-9-20(22-14-32-35(2)15-22)16-37-28(26)21(11-30)13-33-37/h3,8-9,12-16,23-25H,4-7,10,17H2,1-2H3,(H,34,38). The molecule has 1 amide bonds. The number of piperidine rings is 2. The van der Waals surface area contributed by atoms with E-state index in [9.17, 15) is 10.1 Å². The van der Waals surface area contributed by atoms with Crippen LogP contribution < -0.4 is 10.2 Å². The molecule has 4 aromatic heterocycles. The largest absolute Gasteiger partial charge is 0.353 e. The Morgan fingerprint density at radius 3 is 2.53 bits per heavy atom. The van der Waals surface area contributed by atoms with E-state index >= 15 is 0 Å². The van der Waals surface area contributed by atoms with E-state index in [4.69, 9.17) is 4.98 Å². The molecule has 0 spiro atoms. The summed E-state index contributed by atoms with van der Waals surface area (Å²) in [6.45, 7) is 2.58. The second-order valence-corrected chi connectivity index (χ2v) is 11.2. The Morgan fingerprint density at radius 1 is 1.05 bits per heavy atom. The van der Waals surface area contributed by atoms with Gasteiger partial charge in [-0.25, -0.2) is 9.50 Å². The monoisotopic (exact) mass is 506 g/mol. The zero-order valence-corrected chi connectivity index (χ0v) is 21.6. The lowest BCUT2D eigenvalue weighted by atomic mass is 9.64. The van der Waals surface area contributed by atoms with Crippen LogP contribution in [0.4, 0.5) is 5.82 Å². The highest BCUT2D eigenvalue weighted by molar-refractivity contribution is 5.87. The molecule has 3 unspecified atom stereocenters. The summed E-state index contributed by atoms with van der Waals surface area (Å²) in [6.07, 6.45) is 15.0. The van der Waals surface area contributed by atoms with E-state index in [2.05, 4.69) is 44.7 Å². The van der Waals surface area contributed by atoms with Crippen LogP contribution in [-0.4, -0.2) is 48.4 Å². The van der Waals surface area contributed by atoms with Gasteiger partial charge in [-0.15, -0.1) is 0 Å². The van der Waals surface area contributed by atoms with Crippen molar-refractivity contribution >= 4 is 17.2 Å². The van der Waals surface area contributed by atoms with Crippen molar-refractivity contribution in [3.05, 3.63) is 54.7 Å². The summed E-state index contributed by atoms with van der Waals surface area (Å²) >= 11 is 0. The molecule has 9 heteroatoms. The smallest absolute Gasteiger partial charge is 0.217 e. The van der Waals surface area contributed by atoms with Gasteiger partial charge in [-0.05, 0) is 62.1 Å². The minimum Gasteiger partial charge on any atom is -0.353 e. The Labute approximate surface area is 221 Å². The fraction of sp³-hybridized carbons (Fsp3) is 0.414. The predicted molar refractivity (Wildman–Crippen MR) is 143 cm³/mol. The zero-order chi connectivity index (χ0) is 26.0. The van der Waals surface area contributed by atoms with E-state index in [0.717, 1.165) is 59.4 Å². The second kappa shape index (κ2) is 8.42. The van der Waals surface area contributed by atoms with Gasteiger partial charge in [-0.1, -0.05) is 0 Å². The summed E-state index contributed by atoms with van der Waals surface area (Å²) in [5, 5.41) is 21.9. The Morgan fingerprint density at radius 2 is 1.89 bits per heavy atom. The lowest BCUT2D eigenvalue weighted by molar-refractivity contribution is -0.123. The first-order valence-corrected chi connectivity index (χ1v) is 13.4. The van der Waals surface area contributed by atoms with Crippen LogP contribution in [-0.2, 0) is 11.8 Å². The summed E-state index contributed by atoms with van der Waals surface area (Å²) in [7, 11) is 1.89. The molecule has 1 N–H and O–H groups in total. The summed E-state index contributed by atoms with van der Waals surface area (Å²) in [4.78, 5) is 19.5. The molecule has 0 aromatic carbocycles. The number of aromatic nitrogens is 5. The fourth-order valence-electron chi connectivity index (χ4n) is 7.05. The van der Waals surface area contributed by atoms with Gasteiger partial charge in [0.2, 0.25) is 5.91 Å². The molecule has 38 heavy (non-hydrogen) atoms. The molecule has 4 fully saturated rings. The van der Waals surface area contributed by atoms with Crippen molar-refractivity contribution in [1.29, 1.82) is 5.26 Å². The summed E-state index contributed by atoms with van der Waals surface area (Å²) in [6, 6.07) is 8.95. The molecule has 6 heterocycles. The molecular formula is C29H30N8O. The van der Waals surface area contributed by atoms with Crippen molar-refractivity contribution in [3.8, 4) is 28.3 Å². The van der Waals surface area contributed by atoms with Gasteiger partial charge in [-0.3, -0.25) is 9.48 Å². The van der Waals surface area contributed by atoms with Gasteiger partial charge in [0.05, 0.1) is 23.5 Å². The van der Waals surface area contributed by atoms with Crippen molar-refractivity contribution in [3.63, 3.8) is 0 Å². The maximum absolute atomic E-state index is 12.1. The van der Waals surface area contributed by atoms with E-state index in [1.54, 1.807) is 22.3 Å². The lowest BCUT2D eigenvalue weighted by Gasteiger charge is -2.57. The average molecular weight is 507 g/mol. The van der Waals surface area contributed by atoms with Crippen LogP contribution in [0.1, 0.15) is 44.6 Å². The highest BCUT2D eigenvalue weighted by atomic mass is 16.1. The minimum absolute atomic E-state index is 0.0424. The average Bonchev–Trinajstić information content (AvgIpc) is 3.57. The maximum Gasteiger partial charge on any atom is 0.217 e. The molecule has 4 aliphatic rings. The van der Waals surface area contributed by atoms with Crippen LogP contribution in [0.3, 0.4) is 0 Å². The molecule has 8 rings (SSSR count). The minimum atomic E-state index is -0.0424. The maximum atomic E-state index is 12.1. The highest BCUT2D eigenvalue weighted by Gasteiger charge is 2.57. The number of hydrogen-bond donors (Lipinski definition) is 1. The normalized spacial score (nSPS) is 24.5. The molecule has 4 aromatic rings. The van der Waals surface area contributed by atoms with Crippen LogP contribution >= 0.6 is 0 Å². The van der Waals surface area contributed by atoms with Crippen LogP contribution in [0.2, 0.25) is 0 Å². The van der Waals surface area contributed by atoms with E-state index in [-0.39, 0.29) is 11.4 Å². The SMILES string of the molecule is CC(=O)NC1(C2CC2)CC2CCC1CN2c1ccc(-c2cc(-c3cnn(C)c3)cn3ncc(C#N)c23)cn1. The van der Waals surface area contributed by atoms with Gasteiger partial charge >= 0.3 is 0 Å². The van der Waals surface area contributed by atoms with Crippen molar-refractivity contribution < 1.29 is 4.79 Å². The first kappa shape index (κ1) is 23.0. The Kier molecular flexibility index (Phi) is 5.09. The predicted octanol–water partition coefficient (Wildman–Crippen LogP) is 3.94. The van der Waals surface area contributed by atoms with Crippen LogP contribution in [0.15, 0.2) is 49.2 Å². The molecule has 2 saturated carbocycles. The topological polar surface area (TPSA) is 104 Å². The Hall–Kier alpha value is -4.19. The van der Waals surface area contributed by atoms with E-state index in [0.29, 0.717) is 23.4 Å². The highest BCUT2D eigenvalue weighted by Crippen LogP contribution is 2.54. The number of rotatable bonds is 5. The number of carbonyl (C=O) groups excluding carboxylic acids is 1. The molecule has 2 aliphatic heterocycles. The number of fused-ring (bicyclic) bond motifs is 4. The van der Waals surface area contributed by atoms with Crippen LogP contribution in [0.5, 0.6) is 0 Å². The molecule has 2 saturated heterocycles. The summed E-state index contributed by atoms with van der Waals surface area (Å²) in [5.74, 6) is 2.14. The van der Waals surface area contributed by atoms with Gasteiger partial charge in [0.1, 0.15) is 11.9 Å².